The van der Waals surface area contributed by atoms with Gasteiger partial charge in [0.2, 0.25) is 0 Å². The van der Waals surface area contributed by atoms with Gasteiger partial charge in [0.15, 0.2) is 0 Å². The highest BCUT2D eigenvalue weighted by molar-refractivity contribution is 9.10. The van der Waals surface area contributed by atoms with Crippen LogP contribution in [0.4, 0.5) is 5.82 Å². The molecule has 0 spiro atoms. The molecule has 1 heterocycles. The van der Waals surface area contributed by atoms with Crippen molar-refractivity contribution in [1.82, 2.24) is 14.9 Å². The molecule has 0 amide bonds. The summed E-state index contributed by atoms with van der Waals surface area (Å²) in [6.07, 6.45) is 2.48. The number of benzene rings is 1. The zero-order valence-corrected chi connectivity index (χ0v) is 14.2. The summed E-state index contributed by atoms with van der Waals surface area (Å²) in [6.45, 7) is 2.81. The maximum Gasteiger partial charge on any atom is 0.148 e. The van der Waals surface area contributed by atoms with Crippen LogP contribution in [-0.4, -0.2) is 35.0 Å². The Labute approximate surface area is 138 Å². The fraction of sp³-hybridized carbons (Fsp3) is 0.333. The van der Waals surface area contributed by atoms with Gasteiger partial charge in [-0.05, 0) is 41.5 Å². The van der Waals surface area contributed by atoms with Crippen molar-refractivity contribution in [2.24, 2.45) is 0 Å². The molecule has 1 aromatic carbocycles. The van der Waals surface area contributed by atoms with E-state index in [1.54, 1.807) is 0 Å². The van der Waals surface area contributed by atoms with Gasteiger partial charge in [-0.3, -0.25) is 0 Å². The Morgan fingerprint density at radius 1 is 1.24 bits per heavy atom. The molecular formula is C15H18BrClN4. The molecule has 0 aliphatic carbocycles. The molecule has 0 aliphatic heterocycles. The van der Waals surface area contributed by atoms with Gasteiger partial charge >= 0.3 is 0 Å². The Balaban J connectivity index is 1.71. The first-order valence-electron chi connectivity index (χ1n) is 6.79. The number of aromatic nitrogens is 2. The first-order valence-corrected chi connectivity index (χ1v) is 7.96. The van der Waals surface area contributed by atoms with Crippen LogP contribution in [0.15, 0.2) is 41.1 Å². The predicted octanol–water partition coefficient (Wildman–Crippen LogP) is 3.83. The van der Waals surface area contributed by atoms with E-state index in [4.69, 9.17) is 11.6 Å². The van der Waals surface area contributed by atoms with Crippen LogP contribution in [0.3, 0.4) is 0 Å². The summed E-state index contributed by atoms with van der Waals surface area (Å²) in [5.74, 6) is 0.737. The van der Waals surface area contributed by atoms with Gasteiger partial charge in [0, 0.05) is 13.1 Å². The molecule has 0 aliphatic rings. The van der Waals surface area contributed by atoms with Crippen LogP contribution in [0.1, 0.15) is 12.0 Å². The van der Waals surface area contributed by atoms with E-state index in [1.807, 2.05) is 6.07 Å². The molecule has 112 valence electrons. The van der Waals surface area contributed by atoms with Crippen molar-refractivity contribution in [3.05, 3.63) is 51.8 Å². The van der Waals surface area contributed by atoms with Crippen molar-refractivity contribution < 1.29 is 0 Å². The highest BCUT2D eigenvalue weighted by Crippen LogP contribution is 2.25. The van der Waals surface area contributed by atoms with E-state index in [9.17, 15) is 0 Å². The third-order valence-electron chi connectivity index (χ3n) is 3.05. The number of anilines is 1. The van der Waals surface area contributed by atoms with E-state index in [0.29, 0.717) is 9.63 Å². The van der Waals surface area contributed by atoms with Crippen molar-refractivity contribution in [2.75, 3.05) is 25.5 Å². The lowest BCUT2D eigenvalue weighted by Gasteiger charge is -2.17. The summed E-state index contributed by atoms with van der Waals surface area (Å²) in [6, 6.07) is 10.5. The van der Waals surface area contributed by atoms with Crippen molar-refractivity contribution >= 4 is 33.3 Å². The van der Waals surface area contributed by atoms with Gasteiger partial charge in [0.25, 0.3) is 0 Å². The van der Waals surface area contributed by atoms with Gasteiger partial charge in [0.05, 0.1) is 4.47 Å². The minimum Gasteiger partial charge on any atom is -0.369 e. The van der Waals surface area contributed by atoms with Crippen LogP contribution in [0.25, 0.3) is 0 Å². The third kappa shape index (κ3) is 5.26. The molecule has 0 saturated carbocycles. The Kier molecular flexibility index (Phi) is 6.42. The minimum atomic E-state index is 0.425. The maximum atomic E-state index is 5.92. The number of hydrogen-bond donors (Lipinski definition) is 1. The zero-order valence-electron chi connectivity index (χ0n) is 11.9. The summed E-state index contributed by atoms with van der Waals surface area (Å²) in [5, 5.41) is 3.69. The molecule has 0 fully saturated rings. The monoisotopic (exact) mass is 368 g/mol. The number of nitrogens with one attached hydrogen (secondary N) is 1. The molecule has 1 N–H and O–H groups in total. The molecule has 0 bridgehead atoms. The molecule has 0 unspecified atom stereocenters. The average molecular weight is 370 g/mol. The maximum absolute atomic E-state index is 5.92. The average Bonchev–Trinajstić information content (AvgIpc) is 2.49. The van der Waals surface area contributed by atoms with E-state index < -0.39 is 0 Å². The number of rotatable bonds is 7. The second kappa shape index (κ2) is 8.32. The molecular weight excluding hydrogens is 352 g/mol. The smallest absolute Gasteiger partial charge is 0.148 e. The molecule has 4 nitrogen and oxygen atoms in total. The minimum absolute atomic E-state index is 0.425. The molecule has 0 saturated heterocycles. The van der Waals surface area contributed by atoms with Crippen molar-refractivity contribution in [1.29, 1.82) is 0 Å². The Morgan fingerprint density at radius 2 is 2.00 bits per heavy atom. The van der Waals surface area contributed by atoms with Crippen LogP contribution in [0, 0.1) is 0 Å². The van der Waals surface area contributed by atoms with Gasteiger partial charge in [0.1, 0.15) is 17.3 Å². The van der Waals surface area contributed by atoms with E-state index >= 15 is 0 Å². The summed E-state index contributed by atoms with van der Waals surface area (Å²) < 4.78 is 0.712. The number of halogens is 2. The molecule has 2 aromatic rings. The lowest BCUT2D eigenvalue weighted by Crippen LogP contribution is -2.21. The normalized spacial score (nSPS) is 10.9. The zero-order chi connectivity index (χ0) is 15.1. The quantitative estimate of drug-likeness (QED) is 0.595. The first-order chi connectivity index (χ1) is 10.2. The van der Waals surface area contributed by atoms with Crippen LogP contribution in [-0.2, 0) is 6.54 Å². The fourth-order valence-corrected chi connectivity index (χ4v) is 2.48. The summed E-state index contributed by atoms with van der Waals surface area (Å²) in [7, 11) is 2.13. The number of nitrogens with zero attached hydrogens (tertiary/aromatic N) is 3. The molecule has 21 heavy (non-hydrogen) atoms. The van der Waals surface area contributed by atoms with E-state index in [-0.39, 0.29) is 0 Å². The standard InChI is InChI=1S/C15H18BrClN4/c1-21(10-12-6-3-2-4-7-12)9-5-8-18-15-13(16)14(17)19-11-20-15/h2-4,6-7,11H,5,8-10H2,1H3,(H,18,19,20). The molecule has 6 heteroatoms. The Bertz CT molecular complexity index is 565. The SMILES string of the molecule is CN(CCCNc1ncnc(Cl)c1Br)Cc1ccccc1. The van der Waals surface area contributed by atoms with Crippen LogP contribution in [0.5, 0.6) is 0 Å². The first kappa shape index (κ1) is 16.2. The van der Waals surface area contributed by atoms with Crippen LogP contribution in [0.2, 0.25) is 5.15 Å². The van der Waals surface area contributed by atoms with Crippen molar-refractivity contribution in [2.45, 2.75) is 13.0 Å². The van der Waals surface area contributed by atoms with E-state index in [2.05, 4.69) is 67.4 Å². The summed E-state index contributed by atoms with van der Waals surface area (Å²) in [4.78, 5) is 10.4. The second-order valence-electron chi connectivity index (χ2n) is 4.83. The third-order valence-corrected chi connectivity index (χ3v) is 4.32. The van der Waals surface area contributed by atoms with Gasteiger partial charge in [-0.1, -0.05) is 41.9 Å². The Hall–Kier alpha value is -1.17. The molecule has 1 aromatic heterocycles. The van der Waals surface area contributed by atoms with Crippen molar-refractivity contribution in [3.8, 4) is 0 Å². The highest BCUT2D eigenvalue weighted by atomic mass is 79.9. The highest BCUT2D eigenvalue weighted by Gasteiger charge is 2.06. The largest absolute Gasteiger partial charge is 0.369 e. The Morgan fingerprint density at radius 3 is 2.76 bits per heavy atom. The van der Waals surface area contributed by atoms with E-state index in [0.717, 1.165) is 31.9 Å². The van der Waals surface area contributed by atoms with E-state index in [1.165, 1.54) is 11.9 Å². The topological polar surface area (TPSA) is 41.0 Å². The summed E-state index contributed by atoms with van der Waals surface area (Å²) >= 11 is 9.30. The predicted molar refractivity (Wildman–Crippen MR) is 90.6 cm³/mol. The lowest BCUT2D eigenvalue weighted by atomic mass is 10.2. The van der Waals surface area contributed by atoms with Crippen LogP contribution >= 0.6 is 27.5 Å². The molecule has 0 atom stereocenters. The molecule has 2 rings (SSSR count). The fourth-order valence-electron chi connectivity index (χ4n) is 2.00. The molecule has 0 radical (unpaired) electrons. The van der Waals surface area contributed by atoms with Gasteiger partial charge < -0.3 is 10.2 Å². The number of hydrogen-bond acceptors (Lipinski definition) is 4. The summed E-state index contributed by atoms with van der Waals surface area (Å²) in [5.41, 5.74) is 1.33. The second-order valence-corrected chi connectivity index (χ2v) is 5.98. The lowest BCUT2D eigenvalue weighted by molar-refractivity contribution is 0.325. The van der Waals surface area contributed by atoms with Gasteiger partial charge in [-0.25, -0.2) is 9.97 Å². The van der Waals surface area contributed by atoms with Gasteiger partial charge in [-0.15, -0.1) is 0 Å². The van der Waals surface area contributed by atoms with Gasteiger partial charge in [-0.2, -0.15) is 0 Å². The van der Waals surface area contributed by atoms with Crippen molar-refractivity contribution in [3.63, 3.8) is 0 Å². The van der Waals surface area contributed by atoms with Crippen LogP contribution < -0.4 is 5.32 Å².